The van der Waals surface area contributed by atoms with Gasteiger partial charge in [0.15, 0.2) is 9.84 Å². The molecule has 1 aliphatic rings. The van der Waals surface area contributed by atoms with Crippen molar-refractivity contribution in [1.29, 1.82) is 0 Å². The lowest BCUT2D eigenvalue weighted by molar-refractivity contribution is 0.496. The molecule has 0 aromatic heterocycles. The first-order valence-corrected chi connectivity index (χ1v) is 7.17. The predicted molar refractivity (Wildman–Crippen MR) is 64.3 cm³/mol. The molecule has 1 saturated heterocycles. The Labute approximate surface area is 96.8 Å². The molecule has 1 aromatic carbocycles. The molecule has 16 heavy (non-hydrogen) atoms. The lowest BCUT2D eigenvalue weighted by Crippen LogP contribution is -2.36. The third kappa shape index (κ3) is 2.13. The van der Waals surface area contributed by atoms with Crippen LogP contribution in [0.3, 0.4) is 0 Å². The van der Waals surface area contributed by atoms with Crippen molar-refractivity contribution in [3.8, 4) is 0 Å². The third-order valence-electron chi connectivity index (χ3n) is 3.13. The smallest absolute Gasteiger partial charge is 0.181 e. The fourth-order valence-corrected chi connectivity index (χ4v) is 4.16. The molecule has 88 valence electrons. The molecule has 0 unspecified atom stereocenters. The van der Waals surface area contributed by atoms with Gasteiger partial charge < -0.3 is 5.32 Å². The van der Waals surface area contributed by atoms with E-state index in [2.05, 4.69) is 5.32 Å². The summed E-state index contributed by atoms with van der Waals surface area (Å²) in [5.41, 5.74) is 0.848. The van der Waals surface area contributed by atoms with Crippen molar-refractivity contribution < 1.29 is 8.42 Å². The Morgan fingerprint density at radius 2 is 1.81 bits per heavy atom. The normalized spacial score (nSPS) is 18.6. The van der Waals surface area contributed by atoms with Crippen molar-refractivity contribution >= 4 is 9.84 Å². The van der Waals surface area contributed by atoms with Crippen LogP contribution in [0.15, 0.2) is 29.2 Å². The largest absolute Gasteiger partial charge is 0.317 e. The second kappa shape index (κ2) is 4.55. The van der Waals surface area contributed by atoms with Crippen LogP contribution in [0.4, 0.5) is 0 Å². The van der Waals surface area contributed by atoms with E-state index < -0.39 is 9.84 Å². The molecular formula is C12H17NO2S. The van der Waals surface area contributed by atoms with Crippen LogP contribution in [-0.4, -0.2) is 26.8 Å². The summed E-state index contributed by atoms with van der Waals surface area (Å²) in [7, 11) is -3.13. The van der Waals surface area contributed by atoms with Crippen LogP contribution in [0, 0.1) is 6.92 Å². The van der Waals surface area contributed by atoms with Crippen LogP contribution >= 0.6 is 0 Å². The SMILES string of the molecule is Cc1ccccc1S(=O)(=O)C1CCNCC1. The number of hydrogen-bond donors (Lipinski definition) is 1. The molecule has 0 bridgehead atoms. The zero-order valence-electron chi connectivity index (χ0n) is 9.44. The molecule has 1 aromatic rings. The Balaban J connectivity index is 2.35. The Morgan fingerprint density at radius 3 is 2.44 bits per heavy atom. The number of aryl methyl sites for hydroxylation is 1. The first kappa shape index (κ1) is 11.6. The van der Waals surface area contributed by atoms with E-state index in [9.17, 15) is 8.42 Å². The van der Waals surface area contributed by atoms with Crippen LogP contribution in [0.1, 0.15) is 18.4 Å². The topological polar surface area (TPSA) is 46.2 Å². The van der Waals surface area contributed by atoms with Gasteiger partial charge in [-0.25, -0.2) is 8.42 Å². The summed E-state index contributed by atoms with van der Waals surface area (Å²) in [5.74, 6) is 0. The zero-order valence-corrected chi connectivity index (χ0v) is 10.3. The van der Waals surface area contributed by atoms with E-state index in [0.29, 0.717) is 4.90 Å². The monoisotopic (exact) mass is 239 g/mol. The van der Waals surface area contributed by atoms with Gasteiger partial charge in [0.1, 0.15) is 0 Å². The van der Waals surface area contributed by atoms with Crippen LogP contribution in [0.2, 0.25) is 0 Å². The quantitative estimate of drug-likeness (QED) is 0.851. The van der Waals surface area contributed by atoms with Gasteiger partial charge in [0.2, 0.25) is 0 Å². The second-order valence-electron chi connectivity index (χ2n) is 4.26. The molecule has 1 heterocycles. The summed E-state index contributed by atoms with van der Waals surface area (Å²) in [6.45, 7) is 3.46. The molecule has 0 radical (unpaired) electrons. The summed E-state index contributed by atoms with van der Waals surface area (Å²) >= 11 is 0. The summed E-state index contributed by atoms with van der Waals surface area (Å²) in [6.07, 6.45) is 1.44. The van der Waals surface area contributed by atoms with Crippen molar-refractivity contribution in [3.63, 3.8) is 0 Å². The first-order chi connectivity index (χ1) is 7.62. The Hall–Kier alpha value is -0.870. The molecule has 4 heteroatoms. The number of benzene rings is 1. The molecule has 1 N–H and O–H groups in total. The van der Waals surface area contributed by atoms with Gasteiger partial charge in [-0.05, 0) is 44.5 Å². The first-order valence-electron chi connectivity index (χ1n) is 5.62. The highest BCUT2D eigenvalue weighted by Gasteiger charge is 2.29. The number of nitrogens with one attached hydrogen (secondary N) is 1. The summed E-state index contributed by atoms with van der Waals surface area (Å²) in [5, 5.41) is 2.98. The van der Waals surface area contributed by atoms with Gasteiger partial charge in [-0.2, -0.15) is 0 Å². The average Bonchev–Trinajstić information content (AvgIpc) is 2.30. The maximum atomic E-state index is 12.4. The minimum absolute atomic E-state index is 0.213. The van der Waals surface area contributed by atoms with Gasteiger partial charge in [-0.1, -0.05) is 18.2 Å². The number of piperidine rings is 1. The Kier molecular flexibility index (Phi) is 3.30. The molecule has 0 amide bonds. The number of rotatable bonds is 2. The van der Waals surface area contributed by atoms with Crippen LogP contribution in [0.5, 0.6) is 0 Å². The maximum Gasteiger partial charge on any atom is 0.181 e. The fraction of sp³-hybridized carbons (Fsp3) is 0.500. The van der Waals surface area contributed by atoms with Crippen LogP contribution in [0.25, 0.3) is 0 Å². The van der Waals surface area contributed by atoms with E-state index in [0.717, 1.165) is 31.5 Å². The summed E-state index contributed by atoms with van der Waals surface area (Å²) in [4.78, 5) is 0.502. The molecule has 0 spiro atoms. The fourth-order valence-electron chi connectivity index (χ4n) is 2.16. The third-order valence-corrected chi connectivity index (χ3v) is 5.55. The Bertz CT molecular complexity index is 462. The van der Waals surface area contributed by atoms with Gasteiger partial charge in [-0.3, -0.25) is 0 Å². The van der Waals surface area contributed by atoms with Crippen LogP contribution < -0.4 is 5.32 Å². The molecule has 2 rings (SSSR count). The van der Waals surface area contributed by atoms with Crippen molar-refractivity contribution in [3.05, 3.63) is 29.8 Å². The highest BCUT2D eigenvalue weighted by Crippen LogP contribution is 2.24. The van der Waals surface area contributed by atoms with Crippen LogP contribution in [-0.2, 0) is 9.84 Å². The van der Waals surface area contributed by atoms with Gasteiger partial charge in [0.05, 0.1) is 10.1 Å². The second-order valence-corrected chi connectivity index (χ2v) is 6.46. The van der Waals surface area contributed by atoms with E-state index in [1.54, 1.807) is 12.1 Å². The molecular weight excluding hydrogens is 222 g/mol. The lowest BCUT2D eigenvalue weighted by atomic mass is 10.2. The minimum Gasteiger partial charge on any atom is -0.317 e. The highest BCUT2D eigenvalue weighted by molar-refractivity contribution is 7.92. The van der Waals surface area contributed by atoms with Crippen molar-refractivity contribution in [2.45, 2.75) is 29.9 Å². The molecule has 1 aliphatic heterocycles. The summed E-state index contributed by atoms with van der Waals surface area (Å²) < 4.78 is 24.8. The van der Waals surface area contributed by atoms with Gasteiger partial charge in [-0.15, -0.1) is 0 Å². The molecule has 1 fully saturated rings. The van der Waals surface area contributed by atoms with Crippen molar-refractivity contribution in [1.82, 2.24) is 5.32 Å². The van der Waals surface area contributed by atoms with Crippen molar-refractivity contribution in [2.24, 2.45) is 0 Å². The maximum absolute atomic E-state index is 12.4. The van der Waals surface area contributed by atoms with E-state index >= 15 is 0 Å². The lowest BCUT2D eigenvalue weighted by Gasteiger charge is -2.23. The van der Waals surface area contributed by atoms with E-state index in [1.807, 2.05) is 19.1 Å². The van der Waals surface area contributed by atoms with E-state index in [1.165, 1.54) is 0 Å². The van der Waals surface area contributed by atoms with Gasteiger partial charge in [0, 0.05) is 0 Å². The molecule has 0 aliphatic carbocycles. The zero-order chi connectivity index (χ0) is 11.6. The van der Waals surface area contributed by atoms with E-state index in [4.69, 9.17) is 0 Å². The average molecular weight is 239 g/mol. The number of sulfone groups is 1. The molecule has 0 atom stereocenters. The van der Waals surface area contributed by atoms with Crippen molar-refractivity contribution in [2.75, 3.05) is 13.1 Å². The Morgan fingerprint density at radius 1 is 1.19 bits per heavy atom. The van der Waals surface area contributed by atoms with Gasteiger partial charge in [0.25, 0.3) is 0 Å². The standard InChI is InChI=1S/C12H17NO2S/c1-10-4-2-3-5-12(10)16(14,15)11-6-8-13-9-7-11/h2-5,11,13H,6-9H2,1H3. The molecule has 3 nitrogen and oxygen atoms in total. The van der Waals surface area contributed by atoms with Gasteiger partial charge >= 0.3 is 0 Å². The number of hydrogen-bond acceptors (Lipinski definition) is 3. The predicted octanol–water partition coefficient (Wildman–Crippen LogP) is 1.52. The summed E-state index contributed by atoms with van der Waals surface area (Å²) in [6, 6.07) is 7.23. The highest BCUT2D eigenvalue weighted by atomic mass is 32.2. The molecule has 0 saturated carbocycles. The minimum atomic E-state index is -3.13. The van der Waals surface area contributed by atoms with E-state index in [-0.39, 0.29) is 5.25 Å².